The van der Waals surface area contributed by atoms with Crippen molar-refractivity contribution in [3.8, 4) is 11.1 Å². The smallest absolute Gasteiger partial charge is 0.410 e. The monoisotopic (exact) mass is 464 g/mol. The number of aromatic nitrogens is 1. The third kappa shape index (κ3) is 5.39. The Morgan fingerprint density at radius 1 is 1.29 bits per heavy atom. The van der Waals surface area contributed by atoms with E-state index in [1.165, 1.54) is 6.08 Å². The van der Waals surface area contributed by atoms with Gasteiger partial charge in [0.25, 0.3) is 0 Å². The SMILES string of the molecule is Cc1cc(-c2ccc([C@H](C)N(C)C(=O)O[C@@](C)(CC3(O)CC3)C3=CCC(F)C=C3)cc2)ccn1. The van der Waals surface area contributed by atoms with Crippen LogP contribution in [0.5, 0.6) is 0 Å². The largest absolute Gasteiger partial charge is 0.438 e. The van der Waals surface area contributed by atoms with E-state index in [2.05, 4.69) is 4.98 Å². The summed E-state index contributed by atoms with van der Waals surface area (Å²) in [6.07, 6.45) is 7.11. The van der Waals surface area contributed by atoms with Crippen LogP contribution in [-0.4, -0.2) is 45.5 Å². The molecule has 1 aromatic heterocycles. The Bertz CT molecular complexity index is 1110. The molecule has 1 unspecified atom stereocenters. The number of alkyl halides is 1. The molecule has 2 aliphatic rings. The standard InChI is InChI=1S/C28H33FN2O3/c1-19-17-23(13-16-30-19)22-7-5-21(6-8-22)20(2)31(4)26(32)34-27(3,18-28(33)14-15-28)24-9-11-25(29)12-10-24/h5-11,13,16-17,20,25,33H,12,14-15,18H2,1-4H3/t20-,25?,27-/m0/s1. The van der Waals surface area contributed by atoms with Gasteiger partial charge in [0.05, 0.1) is 11.6 Å². The van der Waals surface area contributed by atoms with Gasteiger partial charge in [0.15, 0.2) is 0 Å². The van der Waals surface area contributed by atoms with Gasteiger partial charge in [-0.05, 0) is 74.1 Å². The van der Waals surface area contributed by atoms with Gasteiger partial charge in [0, 0.05) is 31.8 Å². The Hall–Kier alpha value is -2.99. The fraction of sp³-hybridized carbons (Fsp3) is 0.429. The van der Waals surface area contributed by atoms with Crippen LogP contribution in [0.15, 0.2) is 66.4 Å². The number of aliphatic hydroxyl groups is 1. The fourth-order valence-corrected chi connectivity index (χ4v) is 4.46. The minimum atomic E-state index is -1.03. The van der Waals surface area contributed by atoms with E-state index in [0.717, 1.165) is 28.0 Å². The molecule has 3 atom stereocenters. The Balaban J connectivity index is 1.48. The number of aryl methyl sites for hydroxylation is 1. The van der Waals surface area contributed by atoms with Crippen LogP contribution in [0.25, 0.3) is 11.1 Å². The van der Waals surface area contributed by atoms with Crippen LogP contribution in [-0.2, 0) is 4.74 Å². The second-order valence-electron chi connectivity index (χ2n) is 9.87. The Morgan fingerprint density at radius 3 is 2.59 bits per heavy atom. The van der Waals surface area contributed by atoms with Gasteiger partial charge < -0.3 is 14.7 Å². The first-order chi connectivity index (χ1) is 16.1. The topological polar surface area (TPSA) is 62.7 Å². The highest BCUT2D eigenvalue weighted by Gasteiger charge is 2.49. The maximum atomic E-state index is 13.6. The molecule has 0 aliphatic heterocycles. The maximum absolute atomic E-state index is 13.6. The van der Waals surface area contributed by atoms with Crippen molar-refractivity contribution >= 4 is 6.09 Å². The summed E-state index contributed by atoms with van der Waals surface area (Å²) in [6.45, 7) is 5.72. The van der Waals surface area contributed by atoms with E-state index < -0.39 is 23.5 Å². The summed E-state index contributed by atoms with van der Waals surface area (Å²) >= 11 is 0. The van der Waals surface area contributed by atoms with E-state index in [0.29, 0.717) is 19.3 Å². The zero-order valence-electron chi connectivity index (χ0n) is 20.3. The minimum Gasteiger partial charge on any atom is -0.438 e. The normalized spacial score (nSPS) is 21.2. The van der Waals surface area contributed by atoms with E-state index in [-0.39, 0.29) is 12.5 Å². The fourth-order valence-electron chi connectivity index (χ4n) is 4.46. The van der Waals surface area contributed by atoms with Crippen molar-refractivity contribution in [3.05, 3.63) is 77.7 Å². The lowest BCUT2D eigenvalue weighted by Gasteiger charge is -2.36. The van der Waals surface area contributed by atoms with Crippen molar-refractivity contribution < 1.29 is 19.0 Å². The zero-order valence-corrected chi connectivity index (χ0v) is 20.3. The summed E-state index contributed by atoms with van der Waals surface area (Å²) in [4.78, 5) is 19.0. The first-order valence-electron chi connectivity index (χ1n) is 11.8. The molecular weight excluding hydrogens is 431 g/mol. The van der Waals surface area contributed by atoms with Gasteiger partial charge in [-0.25, -0.2) is 9.18 Å². The molecule has 1 fully saturated rings. The summed E-state index contributed by atoms with van der Waals surface area (Å²) in [6, 6.07) is 11.9. The Labute approximate surface area is 201 Å². The van der Waals surface area contributed by atoms with Crippen LogP contribution in [0.1, 0.15) is 56.8 Å². The van der Waals surface area contributed by atoms with Gasteiger partial charge in [-0.2, -0.15) is 0 Å². The van der Waals surface area contributed by atoms with Crippen molar-refractivity contribution in [2.75, 3.05) is 7.05 Å². The molecule has 1 amide bonds. The number of ether oxygens (including phenoxy) is 1. The maximum Gasteiger partial charge on any atom is 0.410 e. The van der Waals surface area contributed by atoms with E-state index in [9.17, 15) is 14.3 Å². The van der Waals surface area contributed by atoms with Crippen molar-refractivity contribution in [1.29, 1.82) is 0 Å². The average molecular weight is 465 g/mol. The molecule has 5 nitrogen and oxygen atoms in total. The quantitative estimate of drug-likeness (QED) is 0.539. The highest BCUT2D eigenvalue weighted by Crippen LogP contribution is 2.46. The molecule has 1 saturated carbocycles. The van der Waals surface area contributed by atoms with E-state index >= 15 is 0 Å². The minimum absolute atomic E-state index is 0.222. The van der Waals surface area contributed by atoms with Crippen LogP contribution in [0.4, 0.5) is 9.18 Å². The molecule has 1 N–H and O–H groups in total. The number of carbonyl (C=O) groups excluding carboxylic acids is 1. The lowest BCUT2D eigenvalue weighted by molar-refractivity contribution is -0.0135. The summed E-state index contributed by atoms with van der Waals surface area (Å²) in [7, 11) is 1.71. The number of rotatable bonds is 7. The third-order valence-electron chi connectivity index (χ3n) is 6.96. The number of nitrogens with zero attached hydrogens (tertiary/aromatic N) is 2. The van der Waals surface area contributed by atoms with Crippen LogP contribution < -0.4 is 0 Å². The van der Waals surface area contributed by atoms with Gasteiger partial charge in [0.2, 0.25) is 0 Å². The molecule has 0 spiro atoms. The third-order valence-corrected chi connectivity index (χ3v) is 6.96. The molecular formula is C28H33FN2O3. The van der Waals surface area contributed by atoms with Gasteiger partial charge in [-0.15, -0.1) is 0 Å². The molecule has 34 heavy (non-hydrogen) atoms. The molecule has 0 saturated heterocycles. The van der Waals surface area contributed by atoms with E-state index in [1.807, 2.05) is 50.2 Å². The Morgan fingerprint density at radius 2 is 2.00 bits per heavy atom. The van der Waals surface area contributed by atoms with Crippen LogP contribution in [0.2, 0.25) is 0 Å². The van der Waals surface area contributed by atoms with Crippen molar-refractivity contribution in [3.63, 3.8) is 0 Å². The number of allylic oxidation sites excluding steroid dienone is 2. The van der Waals surface area contributed by atoms with Crippen molar-refractivity contribution in [2.45, 2.75) is 69.9 Å². The first kappa shape index (κ1) is 24.1. The van der Waals surface area contributed by atoms with E-state index in [1.54, 1.807) is 37.2 Å². The molecule has 6 heteroatoms. The summed E-state index contributed by atoms with van der Waals surface area (Å²) in [5, 5.41) is 10.6. The number of pyridine rings is 1. The first-order valence-corrected chi connectivity index (χ1v) is 11.8. The van der Waals surface area contributed by atoms with Crippen LogP contribution in [0.3, 0.4) is 0 Å². The van der Waals surface area contributed by atoms with Gasteiger partial charge in [-0.3, -0.25) is 4.98 Å². The van der Waals surface area contributed by atoms with Crippen molar-refractivity contribution in [2.24, 2.45) is 0 Å². The average Bonchev–Trinajstić information content (AvgIpc) is 3.54. The molecule has 0 bridgehead atoms. The number of carbonyl (C=O) groups is 1. The van der Waals surface area contributed by atoms with Gasteiger partial charge in [-0.1, -0.05) is 36.4 Å². The number of halogens is 1. The number of hydrogen-bond donors (Lipinski definition) is 1. The lowest BCUT2D eigenvalue weighted by Crippen LogP contribution is -2.43. The molecule has 2 aliphatic carbocycles. The molecule has 180 valence electrons. The highest BCUT2D eigenvalue weighted by atomic mass is 19.1. The predicted molar refractivity (Wildman–Crippen MR) is 131 cm³/mol. The second kappa shape index (κ2) is 9.34. The Kier molecular flexibility index (Phi) is 6.63. The molecule has 1 heterocycles. The molecule has 4 rings (SSSR count). The molecule has 1 aromatic carbocycles. The highest BCUT2D eigenvalue weighted by molar-refractivity contribution is 5.69. The van der Waals surface area contributed by atoms with Gasteiger partial charge >= 0.3 is 6.09 Å². The van der Waals surface area contributed by atoms with Crippen molar-refractivity contribution in [1.82, 2.24) is 9.88 Å². The predicted octanol–water partition coefficient (Wildman–Crippen LogP) is 6.08. The van der Waals surface area contributed by atoms with Crippen LogP contribution >= 0.6 is 0 Å². The number of amides is 1. The lowest BCUT2D eigenvalue weighted by atomic mass is 9.85. The second-order valence-corrected chi connectivity index (χ2v) is 9.87. The number of hydrogen-bond acceptors (Lipinski definition) is 4. The van der Waals surface area contributed by atoms with E-state index in [4.69, 9.17) is 4.74 Å². The molecule has 2 aromatic rings. The number of benzene rings is 1. The van der Waals surface area contributed by atoms with Gasteiger partial charge in [0.1, 0.15) is 11.8 Å². The summed E-state index contributed by atoms with van der Waals surface area (Å²) < 4.78 is 19.7. The van der Waals surface area contributed by atoms with Crippen LogP contribution in [0, 0.1) is 6.92 Å². The summed E-state index contributed by atoms with van der Waals surface area (Å²) in [5.41, 5.74) is 2.98. The summed E-state index contributed by atoms with van der Waals surface area (Å²) in [5.74, 6) is 0. The zero-order chi connectivity index (χ0) is 24.5. The molecule has 0 radical (unpaired) electrons.